The molecule has 1 heterocycles. The Hall–Kier alpha value is -1.06. The largest absolute Gasteiger partial charge is 0.494 e. The Morgan fingerprint density at radius 1 is 0.786 bits per heavy atom. The van der Waals surface area contributed by atoms with E-state index in [0.717, 1.165) is 43.0 Å². The zero-order valence-electron chi connectivity index (χ0n) is 18.0. The van der Waals surface area contributed by atoms with E-state index in [1.54, 1.807) is 0 Å². The van der Waals surface area contributed by atoms with Crippen molar-refractivity contribution in [3.63, 3.8) is 0 Å². The molecule has 1 saturated carbocycles. The molecule has 2 fully saturated rings. The Morgan fingerprint density at radius 3 is 1.96 bits per heavy atom. The highest BCUT2D eigenvalue weighted by molar-refractivity contribution is 5.28. The van der Waals surface area contributed by atoms with E-state index < -0.39 is 0 Å². The summed E-state index contributed by atoms with van der Waals surface area (Å²) in [6.07, 6.45) is 13.2. The third kappa shape index (κ3) is 6.77. The normalized spacial score (nSPS) is 28.2. The van der Waals surface area contributed by atoms with Crippen molar-refractivity contribution < 1.29 is 14.2 Å². The molecule has 0 unspecified atom stereocenters. The minimum Gasteiger partial charge on any atom is -0.494 e. The number of benzene rings is 1. The molecule has 1 saturated heterocycles. The molecule has 0 bridgehead atoms. The summed E-state index contributed by atoms with van der Waals surface area (Å²) < 4.78 is 17.8. The molecule has 1 aliphatic heterocycles. The minimum atomic E-state index is -0.218. The van der Waals surface area contributed by atoms with Crippen LogP contribution in [0.15, 0.2) is 24.3 Å². The molecule has 0 spiro atoms. The molecular weight excluding hydrogens is 348 g/mol. The molecule has 3 nitrogen and oxygen atoms in total. The molecule has 0 aromatic heterocycles. The summed E-state index contributed by atoms with van der Waals surface area (Å²) in [6, 6.07) is 8.26. The molecule has 0 radical (unpaired) electrons. The maximum atomic E-state index is 5.97. The summed E-state index contributed by atoms with van der Waals surface area (Å²) in [7, 11) is 0. The van der Waals surface area contributed by atoms with Crippen molar-refractivity contribution in [2.75, 3.05) is 19.8 Å². The van der Waals surface area contributed by atoms with E-state index in [9.17, 15) is 0 Å². The molecule has 158 valence electrons. The predicted molar refractivity (Wildman–Crippen MR) is 115 cm³/mol. The molecule has 2 aliphatic rings. The van der Waals surface area contributed by atoms with Crippen molar-refractivity contribution in [1.82, 2.24) is 0 Å². The van der Waals surface area contributed by atoms with Crippen molar-refractivity contribution in [3.05, 3.63) is 29.8 Å². The molecule has 1 aromatic carbocycles. The second-order valence-corrected chi connectivity index (χ2v) is 8.89. The lowest BCUT2D eigenvalue weighted by Gasteiger charge is -2.29. The maximum absolute atomic E-state index is 5.97. The Labute approximate surface area is 172 Å². The average Bonchev–Trinajstić information content (AvgIpc) is 2.74. The van der Waals surface area contributed by atoms with Gasteiger partial charge in [-0.15, -0.1) is 0 Å². The van der Waals surface area contributed by atoms with Gasteiger partial charge in [0.1, 0.15) is 5.75 Å². The lowest BCUT2D eigenvalue weighted by atomic mass is 9.78. The molecule has 28 heavy (non-hydrogen) atoms. The van der Waals surface area contributed by atoms with Crippen molar-refractivity contribution in [1.29, 1.82) is 0 Å². The van der Waals surface area contributed by atoms with Crippen LogP contribution in [0, 0.1) is 17.8 Å². The predicted octanol–water partition coefficient (Wildman–Crippen LogP) is 6.91. The van der Waals surface area contributed by atoms with Gasteiger partial charge in [-0.3, -0.25) is 0 Å². The summed E-state index contributed by atoms with van der Waals surface area (Å²) >= 11 is 0. The van der Waals surface area contributed by atoms with E-state index >= 15 is 0 Å². The van der Waals surface area contributed by atoms with Crippen LogP contribution in [0.3, 0.4) is 0 Å². The first kappa shape index (κ1) is 21.6. The highest BCUT2D eigenvalue weighted by atomic mass is 16.7. The highest BCUT2D eigenvalue weighted by Gasteiger charge is 2.23. The van der Waals surface area contributed by atoms with Crippen LogP contribution in [0.2, 0.25) is 0 Å². The maximum Gasteiger partial charge on any atom is 0.183 e. The van der Waals surface area contributed by atoms with Crippen LogP contribution in [0.25, 0.3) is 0 Å². The van der Waals surface area contributed by atoms with Gasteiger partial charge >= 0.3 is 0 Å². The van der Waals surface area contributed by atoms with Crippen LogP contribution in [0.1, 0.15) is 89.9 Å². The highest BCUT2D eigenvalue weighted by Crippen LogP contribution is 2.34. The molecule has 0 atom stereocenters. The Bertz CT molecular complexity index is 525. The molecule has 0 N–H and O–H groups in total. The van der Waals surface area contributed by atoms with Gasteiger partial charge in [0.15, 0.2) is 6.29 Å². The number of hydrogen-bond acceptors (Lipinski definition) is 3. The van der Waals surface area contributed by atoms with E-state index in [-0.39, 0.29) is 6.29 Å². The third-order valence-corrected chi connectivity index (χ3v) is 6.50. The fraction of sp³-hybridized carbons (Fsp3) is 0.760. The topological polar surface area (TPSA) is 27.7 Å². The molecular formula is C25H40O3. The summed E-state index contributed by atoms with van der Waals surface area (Å²) in [5, 5.41) is 0. The van der Waals surface area contributed by atoms with Gasteiger partial charge in [0.05, 0.1) is 19.8 Å². The van der Waals surface area contributed by atoms with E-state index in [2.05, 4.69) is 38.1 Å². The first-order valence-electron chi connectivity index (χ1n) is 11.7. The number of ether oxygens (including phenoxy) is 3. The fourth-order valence-corrected chi connectivity index (χ4v) is 4.81. The second kappa shape index (κ2) is 11.8. The zero-order valence-corrected chi connectivity index (χ0v) is 18.0. The Kier molecular flexibility index (Phi) is 9.14. The van der Waals surface area contributed by atoms with Crippen molar-refractivity contribution in [2.24, 2.45) is 17.8 Å². The quantitative estimate of drug-likeness (QED) is 0.407. The van der Waals surface area contributed by atoms with E-state index in [1.165, 1.54) is 64.2 Å². The SMILES string of the molecule is CCCC1CCC(CCCOc2ccc(C3OCC(CCC)CO3)cc2)CC1. The van der Waals surface area contributed by atoms with Crippen LogP contribution in [-0.4, -0.2) is 19.8 Å². The smallest absolute Gasteiger partial charge is 0.183 e. The first-order chi connectivity index (χ1) is 13.8. The average molecular weight is 389 g/mol. The van der Waals surface area contributed by atoms with Gasteiger partial charge in [-0.25, -0.2) is 0 Å². The van der Waals surface area contributed by atoms with Crippen LogP contribution < -0.4 is 4.74 Å². The van der Waals surface area contributed by atoms with Gasteiger partial charge in [0.25, 0.3) is 0 Å². The van der Waals surface area contributed by atoms with Crippen LogP contribution >= 0.6 is 0 Å². The van der Waals surface area contributed by atoms with Gasteiger partial charge in [0, 0.05) is 11.5 Å². The van der Waals surface area contributed by atoms with Gasteiger partial charge in [-0.05, 0) is 43.2 Å². The van der Waals surface area contributed by atoms with Crippen LogP contribution in [-0.2, 0) is 9.47 Å². The van der Waals surface area contributed by atoms with Gasteiger partial charge in [-0.1, -0.05) is 70.9 Å². The summed E-state index contributed by atoms with van der Waals surface area (Å²) in [6.45, 7) is 6.95. The van der Waals surface area contributed by atoms with Crippen molar-refractivity contribution in [2.45, 2.75) is 84.3 Å². The number of rotatable bonds is 10. The van der Waals surface area contributed by atoms with Gasteiger partial charge < -0.3 is 14.2 Å². The zero-order chi connectivity index (χ0) is 19.6. The third-order valence-electron chi connectivity index (χ3n) is 6.50. The van der Waals surface area contributed by atoms with E-state index in [0.29, 0.717) is 5.92 Å². The van der Waals surface area contributed by atoms with Gasteiger partial charge in [0.2, 0.25) is 0 Å². The summed E-state index contributed by atoms with van der Waals surface area (Å²) in [4.78, 5) is 0. The lowest BCUT2D eigenvalue weighted by Crippen LogP contribution is -2.26. The molecule has 1 aliphatic carbocycles. The van der Waals surface area contributed by atoms with Crippen LogP contribution in [0.4, 0.5) is 0 Å². The van der Waals surface area contributed by atoms with Crippen molar-refractivity contribution >= 4 is 0 Å². The molecule has 0 amide bonds. The van der Waals surface area contributed by atoms with E-state index in [1.807, 2.05) is 0 Å². The monoisotopic (exact) mass is 388 g/mol. The second-order valence-electron chi connectivity index (χ2n) is 8.89. The summed E-state index contributed by atoms with van der Waals surface area (Å²) in [5.41, 5.74) is 1.09. The van der Waals surface area contributed by atoms with Gasteiger partial charge in [-0.2, -0.15) is 0 Å². The standard InChI is InChI=1S/C25H40O3/c1-3-6-20-9-11-21(12-10-20)8-5-17-26-24-15-13-23(14-16-24)25-27-18-22(7-4-2)19-28-25/h13-16,20-22,25H,3-12,17-19H2,1-2H3. The lowest BCUT2D eigenvalue weighted by molar-refractivity contribution is -0.206. The Morgan fingerprint density at radius 2 is 1.36 bits per heavy atom. The summed E-state index contributed by atoms with van der Waals surface area (Å²) in [5.74, 6) is 3.43. The van der Waals surface area contributed by atoms with Crippen LogP contribution in [0.5, 0.6) is 5.75 Å². The Balaban J connectivity index is 1.31. The fourth-order valence-electron chi connectivity index (χ4n) is 4.81. The van der Waals surface area contributed by atoms with Crippen molar-refractivity contribution in [3.8, 4) is 5.75 Å². The molecule has 3 rings (SSSR count). The van der Waals surface area contributed by atoms with E-state index in [4.69, 9.17) is 14.2 Å². The molecule has 1 aromatic rings. The first-order valence-corrected chi connectivity index (χ1v) is 11.7. The number of hydrogen-bond donors (Lipinski definition) is 0. The minimum absolute atomic E-state index is 0.218. The molecule has 3 heteroatoms.